The second-order valence-corrected chi connectivity index (χ2v) is 19.1. The Labute approximate surface area is 344 Å². The monoisotopic (exact) mass is 772 g/mol. The van der Waals surface area contributed by atoms with Gasteiger partial charge < -0.3 is 13.6 Å². The summed E-state index contributed by atoms with van der Waals surface area (Å²) in [7, 11) is -3.00. The van der Waals surface area contributed by atoms with Crippen LogP contribution in [0.25, 0.3) is 78.1 Å². The normalized spacial score (nSPS) is 12.2. The van der Waals surface area contributed by atoms with Crippen molar-refractivity contribution in [2.75, 3.05) is 0 Å². The Morgan fingerprint density at radius 1 is 0.441 bits per heavy atom. The maximum absolute atomic E-state index is 6.44. The van der Waals surface area contributed by atoms with Gasteiger partial charge in [-0.25, -0.2) is 0 Å². The summed E-state index contributed by atoms with van der Waals surface area (Å²) in [6.45, 7) is 6.19. The molecule has 0 aliphatic carbocycles. The van der Waals surface area contributed by atoms with E-state index >= 15 is 0 Å². The minimum Gasteiger partial charge on any atom is -0.456 e. The van der Waals surface area contributed by atoms with Crippen LogP contribution in [0.1, 0.15) is 18.2 Å². The van der Waals surface area contributed by atoms with Gasteiger partial charge in [0.05, 0.1) is 22.1 Å². The summed E-state index contributed by atoms with van der Waals surface area (Å²) in [4.78, 5) is 0. The van der Waals surface area contributed by atoms with E-state index in [1.165, 1.54) is 47.9 Å². The molecule has 0 radical (unpaired) electrons. The average molecular weight is 773 g/mol. The van der Waals surface area contributed by atoms with Crippen LogP contribution in [0, 0.1) is 0 Å². The molecule has 4 heteroatoms. The summed E-state index contributed by atoms with van der Waals surface area (Å²) in [5.41, 5.74) is 8.84. The lowest BCUT2D eigenvalue weighted by molar-refractivity contribution is 0.603. The second kappa shape index (κ2) is 13.9. The van der Waals surface area contributed by atoms with Crippen LogP contribution in [-0.2, 0) is 0 Å². The van der Waals surface area contributed by atoms with E-state index < -0.39 is 8.07 Å². The molecule has 0 atom stereocenters. The van der Waals surface area contributed by atoms with E-state index in [2.05, 4.69) is 210 Å². The van der Waals surface area contributed by atoms with E-state index in [1.54, 1.807) is 0 Å². The van der Waals surface area contributed by atoms with E-state index in [4.69, 9.17) is 4.42 Å². The first kappa shape index (κ1) is 34.8. The minimum absolute atomic E-state index is 0.827. The summed E-state index contributed by atoms with van der Waals surface area (Å²) in [6.07, 6.45) is 5.94. The third-order valence-electron chi connectivity index (χ3n) is 12.1. The van der Waals surface area contributed by atoms with E-state index in [1.807, 2.05) is 25.2 Å². The van der Waals surface area contributed by atoms with Crippen LogP contribution in [0.3, 0.4) is 0 Å². The van der Waals surface area contributed by atoms with Gasteiger partial charge in [-0.05, 0) is 88.3 Å². The van der Waals surface area contributed by atoms with Crippen LogP contribution in [0.5, 0.6) is 0 Å². The van der Waals surface area contributed by atoms with Gasteiger partial charge in [-0.1, -0.05) is 158 Å². The number of benzene rings is 8. The zero-order valence-electron chi connectivity index (χ0n) is 32.7. The molecule has 59 heavy (non-hydrogen) atoms. The quantitative estimate of drug-likeness (QED) is 0.111. The number of hydrogen-bond donors (Lipinski definition) is 0. The van der Waals surface area contributed by atoms with Gasteiger partial charge in [0, 0.05) is 43.9 Å². The summed E-state index contributed by atoms with van der Waals surface area (Å²) in [5.74, 6) is 0.827. The Morgan fingerprint density at radius 3 is 1.63 bits per heavy atom. The number of fused-ring (bicyclic) bond motifs is 7. The molecule has 8 aromatic carbocycles. The first-order valence-electron chi connectivity index (χ1n) is 20.2. The van der Waals surface area contributed by atoms with Crippen LogP contribution in [0.4, 0.5) is 0 Å². The molecule has 11 aromatic rings. The number of para-hydroxylation sites is 3. The Bertz CT molecular complexity index is 3370. The van der Waals surface area contributed by atoms with Crippen molar-refractivity contribution >= 4 is 95.6 Å². The zero-order valence-corrected chi connectivity index (χ0v) is 33.7. The number of aromatic nitrogens is 2. The first-order chi connectivity index (χ1) is 29.2. The molecule has 11 rings (SSSR count). The predicted octanol–water partition coefficient (Wildman–Crippen LogP) is 11.7. The molecule has 0 aliphatic rings. The summed E-state index contributed by atoms with van der Waals surface area (Å²) < 4.78 is 11.3. The van der Waals surface area contributed by atoms with Crippen molar-refractivity contribution in [2.45, 2.75) is 6.92 Å². The Kier molecular flexibility index (Phi) is 8.21. The molecule has 0 bridgehead atoms. The predicted molar refractivity (Wildman–Crippen MR) is 253 cm³/mol. The van der Waals surface area contributed by atoms with Gasteiger partial charge in [-0.15, -0.1) is 0 Å². The lowest BCUT2D eigenvalue weighted by atomic mass is 10.1. The van der Waals surface area contributed by atoms with Crippen molar-refractivity contribution in [1.82, 2.24) is 9.13 Å². The summed E-state index contributed by atoms with van der Waals surface area (Å²) in [5, 5.41) is 11.2. The SMILES string of the molecule is C=Cc1c(/C=C\C)oc2cc3c4ccccc4n(-c4cccc([Si](c5ccccc5)(c5ccccc5)c5ccc6c7ccccc7n(-c7ccccc7)c6c5)c4)c3cc12. The van der Waals surface area contributed by atoms with E-state index in [-0.39, 0.29) is 0 Å². The fourth-order valence-electron chi connectivity index (χ4n) is 9.67. The molecule has 0 saturated heterocycles. The maximum Gasteiger partial charge on any atom is 0.179 e. The molecule has 0 aliphatic heterocycles. The molecule has 3 aromatic heterocycles. The fraction of sp³-hybridized carbons (Fsp3) is 0.0182. The van der Waals surface area contributed by atoms with Gasteiger partial charge in [0.1, 0.15) is 11.3 Å². The van der Waals surface area contributed by atoms with Gasteiger partial charge in [-0.2, -0.15) is 0 Å². The van der Waals surface area contributed by atoms with Crippen LogP contribution in [-0.4, -0.2) is 17.2 Å². The molecule has 3 heterocycles. The number of allylic oxidation sites excluding steroid dienone is 1. The molecular formula is C55H40N2OSi. The zero-order chi connectivity index (χ0) is 39.5. The van der Waals surface area contributed by atoms with Crippen LogP contribution in [0.2, 0.25) is 0 Å². The molecule has 0 spiro atoms. The minimum atomic E-state index is -3.00. The Hall–Kier alpha value is -7.40. The highest BCUT2D eigenvalue weighted by molar-refractivity contribution is 7.20. The van der Waals surface area contributed by atoms with E-state index in [0.29, 0.717) is 0 Å². The van der Waals surface area contributed by atoms with Gasteiger partial charge in [0.15, 0.2) is 8.07 Å². The lowest BCUT2D eigenvalue weighted by Gasteiger charge is -2.35. The van der Waals surface area contributed by atoms with E-state index in [9.17, 15) is 0 Å². The topological polar surface area (TPSA) is 23.0 Å². The van der Waals surface area contributed by atoms with Gasteiger partial charge in [0.25, 0.3) is 0 Å². The highest BCUT2D eigenvalue weighted by Gasteiger charge is 2.42. The molecule has 3 nitrogen and oxygen atoms in total. The van der Waals surface area contributed by atoms with Gasteiger partial charge in [-0.3, -0.25) is 0 Å². The lowest BCUT2D eigenvalue weighted by Crippen LogP contribution is -2.74. The molecule has 0 fully saturated rings. The van der Waals surface area contributed by atoms with Gasteiger partial charge in [0.2, 0.25) is 0 Å². The molecule has 0 amide bonds. The van der Waals surface area contributed by atoms with Crippen molar-refractivity contribution in [3.05, 3.63) is 218 Å². The summed E-state index contributed by atoms with van der Waals surface area (Å²) in [6, 6.07) is 71.9. The van der Waals surface area contributed by atoms with Crippen molar-refractivity contribution in [1.29, 1.82) is 0 Å². The first-order valence-corrected chi connectivity index (χ1v) is 22.2. The second-order valence-electron chi connectivity index (χ2n) is 15.3. The summed E-state index contributed by atoms with van der Waals surface area (Å²) >= 11 is 0. The standard InChI is InChI=1S/C55H40N2OSi/c1-3-19-54-44(4-2)49-36-53-48(37-55(49)58-54)46-29-15-17-31-51(46)57(53)39-22-18-27-42(34-39)59(40-23-10-6-11-24-40,41-25-12-7-13-26-41)43-32-33-47-45-28-14-16-30-50(45)56(52(47)35-43)38-20-8-5-9-21-38/h3-37H,2H2,1H3/b19-3-. The maximum atomic E-state index is 6.44. The van der Waals surface area contributed by atoms with Crippen molar-refractivity contribution < 1.29 is 4.42 Å². The molecule has 280 valence electrons. The third-order valence-corrected chi connectivity index (χ3v) is 16.9. The number of rotatable bonds is 8. The van der Waals surface area contributed by atoms with Crippen molar-refractivity contribution in [3.8, 4) is 11.4 Å². The number of hydrogen-bond acceptors (Lipinski definition) is 1. The highest BCUT2D eigenvalue weighted by Crippen LogP contribution is 2.38. The highest BCUT2D eigenvalue weighted by atomic mass is 28.3. The largest absolute Gasteiger partial charge is 0.456 e. The van der Waals surface area contributed by atoms with Crippen LogP contribution >= 0.6 is 0 Å². The Balaban J connectivity index is 1.23. The fourth-order valence-corrected chi connectivity index (χ4v) is 14.5. The molecule has 0 unspecified atom stereocenters. The van der Waals surface area contributed by atoms with Crippen molar-refractivity contribution in [2.24, 2.45) is 0 Å². The molecular weight excluding hydrogens is 733 g/mol. The smallest absolute Gasteiger partial charge is 0.179 e. The van der Waals surface area contributed by atoms with Crippen molar-refractivity contribution in [3.63, 3.8) is 0 Å². The molecule has 0 N–H and O–H groups in total. The third kappa shape index (κ3) is 5.27. The number of nitrogens with zero attached hydrogens (tertiary/aromatic N) is 2. The van der Waals surface area contributed by atoms with Crippen LogP contribution in [0.15, 0.2) is 211 Å². The van der Waals surface area contributed by atoms with E-state index in [0.717, 1.165) is 50.1 Å². The van der Waals surface area contributed by atoms with Crippen LogP contribution < -0.4 is 20.7 Å². The molecule has 0 saturated carbocycles. The number of furan rings is 1. The average Bonchev–Trinajstić information content (AvgIpc) is 3.93. The van der Waals surface area contributed by atoms with Gasteiger partial charge >= 0.3 is 0 Å². The Morgan fingerprint density at radius 2 is 0.966 bits per heavy atom.